The Kier molecular flexibility index (Phi) is 1.61. The molecule has 0 bridgehead atoms. The minimum atomic E-state index is 0.326. The van der Waals surface area contributed by atoms with Crippen molar-refractivity contribution < 1.29 is 9.52 Å². The fourth-order valence-corrected chi connectivity index (χ4v) is 3.07. The molecule has 1 N–H and O–H groups in total. The monoisotopic (exact) mass is 240 g/mol. The van der Waals surface area contributed by atoms with Crippen LogP contribution in [0.1, 0.15) is 0 Å². The van der Waals surface area contributed by atoms with Crippen LogP contribution in [0.2, 0.25) is 0 Å². The van der Waals surface area contributed by atoms with Crippen molar-refractivity contribution in [2.45, 2.75) is 0 Å². The summed E-state index contributed by atoms with van der Waals surface area (Å²) in [6.07, 6.45) is 0. The third-order valence-electron chi connectivity index (χ3n) is 3.05. The van der Waals surface area contributed by atoms with E-state index in [0.29, 0.717) is 5.75 Å². The average molecular weight is 240 g/mol. The van der Waals surface area contributed by atoms with Crippen LogP contribution in [0.15, 0.2) is 46.2 Å². The SMILES string of the molecule is Oc1csc2cc3c(cc12)oc1ccccc13. The first-order chi connectivity index (χ1) is 8.33. The number of aromatic hydroxyl groups is 1. The molecule has 0 radical (unpaired) electrons. The first-order valence-electron chi connectivity index (χ1n) is 5.34. The largest absolute Gasteiger partial charge is 0.506 e. The van der Waals surface area contributed by atoms with E-state index in [1.807, 2.05) is 24.3 Å². The van der Waals surface area contributed by atoms with Gasteiger partial charge in [-0.15, -0.1) is 11.3 Å². The van der Waals surface area contributed by atoms with Gasteiger partial charge in [-0.05, 0) is 18.2 Å². The Morgan fingerprint density at radius 1 is 0.941 bits per heavy atom. The van der Waals surface area contributed by atoms with Crippen LogP contribution in [0.25, 0.3) is 32.0 Å². The second-order valence-corrected chi connectivity index (χ2v) is 4.97. The molecule has 0 atom stereocenters. The summed E-state index contributed by atoms with van der Waals surface area (Å²) in [5.74, 6) is 0.326. The zero-order valence-electron chi connectivity index (χ0n) is 8.81. The lowest BCUT2D eigenvalue weighted by molar-refractivity contribution is 0.483. The van der Waals surface area contributed by atoms with E-state index in [4.69, 9.17) is 4.42 Å². The highest BCUT2D eigenvalue weighted by Gasteiger charge is 2.10. The van der Waals surface area contributed by atoms with Crippen molar-refractivity contribution in [1.82, 2.24) is 0 Å². The number of benzene rings is 2. The fourth-order valence-electron chi connectivity index (χ4n) is 2.23. The molecule has 82 valence electrons. The quantitative estimate of drug-likeness (QED) is 0.490. The van der Waals surface area contributed by atoms with Gasteiger partial charge in [0.25, 0.3) is 0 Å². The summed E-state index contributed by atoms with van der Waals surface area (Å²) < 4.78 is 6.86. The summed E-state index contributed by atoms with van der Waals surface area (Å²) in [6, 6.07) is 12.0. The number of hydrogen-bond acceptors (Lipinski definition) is 3. The Morgan fingerprint density at radius 3 is 2.76 bits per heavy atom. The van der Waals surface area contributed by atoms with Gasteiger partial charge in [0.1, 0.15) is 16.9 Å². The number of thiophene rings is 1. The molecule has 0 aliphatic heterocycles. The third-order valence-corrected chi connectivity index (χ3v) is 3.99. The summed E-state index contributed by atoms with van der Waals surface area (Å²) in [7, 11) is 0. The summed E-state index contributed by atoms with van der Waals surface area (Å²) in [4.78, 5) is 0. The van der Waals surface area contributed by atoms with E-state index in [1.54, 1.807) is 16.7 Å². The van der Waals surface area contributed by atoms with E-state index in [2.05, 4.69) is 12.1 Å². The lowest BCUT2D eigenvalue weighted by Crippen LogP contribution is -1.67. The normalized spacial score (nSPS) is 11.8. The molecule has 0 unspecified atom stereocenters. The third kappa shape index (κ3) is 1.14. The summed E-state index contributed by atoms with van der Waals surface area (Å²) in [6.45, 7) is 0. The molecule has 2 nitrogen and oxygen atoms in total. The molecule has 0 amide bonds. The predicted octanol–water partition coefficient (Wildman–Crippen LogP) is 4.51. The summed E-state index contributed by atoms with van der Waals surface area (Å²) >= 11 is 1.55. The Labute approximate surface area is 101 Å². The van der Waals surface area contributed by atoms with Crippen LogP contribution in [0, 0.1) is 0 Å². The van der Waals surface area contributed by atoms with Crippen molar-refractivity contribution in [1.29, 1.82) is 0 Å². The number of furan rings is 1. The second kappa shape index (κ2) is 3.02. The smallest absolute Gasteiger partial charge is 0.136 e. The van der Waals surface area contributed by atoms with Crippen molar-refractivity contribution in [2.24, 2.45) is 0 Å². The first kappa shape index (κ1) is 9.07. The van der Waals surface area contributed by atoms with Crippen LogP contribution in [-0.4, -0.2) is 5.11 Å². The van der Waals surface area contributed by atoms with Gasteiger partial charge in [-0.2, -0.15) is 0 Å². The maximum absolute atomic E-state index is 9.71. The molecule has 4 rings (SSSR count). The average Bonchev–Trinajstić information content (AvgIpc) is 2.88. The van der Waals surface area contributed by atoms with E-state index >= 15 is 0 Å². The molecule has 4 aromatic rings. The maximum atomic E-state index is 9.71. The number of hydrogen-bond donors (Lipinski definition) is 1. The molecule has 2 heterocycles. The topological polar surface area (TPSA) is 33.4 Å². The Bertz CT molecular complexity index is 854. The lowest BCUT2D eigenvalue weighted by atomic mass is 10.1. The minimum absolute atomic E-state index is 0.326. The van der Waals surface area contributed by atoms with Crippen molar-refractivity contribution in [3.63, 3.8) is 0 Å². The highest BCUT2D eigenvalue weighted by molar-refractivity contribution is 7.17. The van der Waals surface area contributed by atoms with Gasteiger partial charge in [-0.25, -0.2) is 0 Å². The van der Waals surface area contributed by atoms with E-state index < -0.39 is 0 Å². The maximum Gasteiger partial charge on any atom is 0.136 e. The van der Waals surface area contributed by atoms with Crippen LogP contribution in [0.5, 0.6) is 5.75 Å². The van der Waals surface area contributed by atoms with Crippen LogP contribution >= 0.6 is 11.3 Å². The van der Waals surface area contributed by atoms with E-state index in [1.165, 1.54) is 0 Å². The Morgan fingerprint density at radius 2 is 1.82 bits per heavy atom. The lowest BCUT2D eigenvalue weighted by Gasteiger charge is -1.91. The molecule has 2 aromatic carbocycles. The zero-order valence-corrected chi connectivity index (χ0v) is 9.62. The molecular formula is C14H8O2S. The minimum Gasteiger partial charge on any atom is -0.506 e. The van der Waals surface area contributed by atoms with Crippen molar-refractivity contribution in [3.8, 4) is 5.75 Å². The van der Waals surface area contributed by atoms with Gasteiger partial charge in [-0.3, -0.25) is 0 Å². The van der Waals surface area contributed by atoms with Crippen LogP contribution in [0.4, 0.5) is 0 Å². The zero-order chi connectivity index (χ0) is 11.4. The van der Waals surface area contributed by atoms with Gasteiger partial charge in [0.05, 0.1) is 0 Å². The highest BCUT2D eigenvalue weighted by atomic mass is 32.1. The molecule has 0 saturated carbocycles. The summed E-state index contributed by atoms with van der Waals surface area (Å²) in [5.41, 5.74) is 1.71. The van der Waals surface area contributed by atoms with Gasteiger partial charge in [0, 0.05) is 26.2 Å². The van der Waals surface area contributed by atoms with Crippen LogP contribution in [-0.2, 0) is 0 Å². The fraction of sp³-hybridized carbons (Fsp3) is 0. The van der Waals surface area contributed by atoms with E-state index in [0.717, 1.165) is 32.0 Å². The van der Waals surface area contributed by atoms with Crippen molar-refractivity contribution in [2.75, 3.05) is 0 Å². The second-order valence-electron chi connectivity index (χ2n) is 4.06. The van der Waals surface area contributed by atoms with Gasteiger partial charge in [-0.1, -0.05) is 18.2 Å². The van der Waals surface area contributed by atoms with Gasteiger partial charge >= 0.3 is 0 Å². The number of rotatable bonds is 0. The number of para-hydroxylation sites is 1. The molecule has 17 heavy (non-hydrogen) atoms. The highest BCUT2D eigenvalue weighted by Crippen LogP contribution is 2.37. The number of fused-ring (bicyclic) bond motifs is 4. The van der Waals surface area contributed by atoms with Crippen molar-refractivity contribution in [3.05, 3.63) is 41.8 Å². The molecule has 0 fully saturated rings. The molecule has 3 heteroatoms. The van der Waals surface area contributed by atoms with Crippen molar-refractivity contribution >= 4 is 43.4 Å². The molecule has 0 aliphatic carbocycles. The summed E-state index contributed by atoms with van der Waals surface area (Å²) in [5, 5.41) is 14.6. The molecule has 0 spiro atoms. The van der Waals surface area contributed by atoms with E-state index in [9.17, 15) is 5.11 Å². The first-order valence-corrected chi connectivity index (χ1v) is 6.22. The van der Waals surface area contributed by atoms with E-state index in [-0.39, 0.29) is 0 Å². The van der Waals surface area contributed by atoms with Gasteiger partial charge in [0.2, 0.25) is 0 Å². The molecule has 2 aromatic heterocycles. The predicted molar refractivity (Wildman–Crippen MR) is 70.8 cm³/mol. The molecule has 0 saturated heterocycles. The standard InChI is InChI=1S/C14H8O2S/c15-11-7-17-14-6-9-8-3-1-2-4-12(8)16-13(9)5-10(11)14/h1-7,15H. The molecular weight excluding hydrogens is 232 g/mol. The van der Waals surface area contributed by atoms with Crippen LogP contribution < -0.4 is 0 Å². The molecule has 0 aliphatic rings. The Balaban J connectivity index is 2.29. The Hall–Kier alpha value is -2.00. The van der Waals surface area contributed by atoms with Gasteiger partial charge < -0.3 is 9.52 Å². The van der Waals surface area contributed by atoms with Gasteiger partial charge in [0.15, 0.2) is 0 Å². The van der Waals surface area contributed by atoms with Crippen LogP contribution in [0.3, 0.4) is 0 Å².